The van der Waals surface area contributed by atoms with Crippen LogP contribution in [0.3, 0.4) is 0 Å². The fraction of sp³-hybridized carbons (Fsp3) is 0.500. The first-order valence-corrected chi connectivity index (χ1v) is 8.81. The number of carboxylic acids is 1. The standard InChI is InChI=1S/C12H15NO5S2/c14-11(7-10-2-1-4-19-10)13-3-5-20(17,18)8-9(13)6-12(15)16/h1-2,4,9H,3,5-8H2,(H,15,16). The van der Waals surface area contributed by atoms with E-state index in [9.17, 15) is 18.0 Å². The molecule has 1 N–H and O–H groups in total. The van der Waals surface area contributed by atoms with Crippen molar-refractivity contribution in [3.63, 3.8) is 0 Å². The third-order valence-corrected chi connectivity index (χ3v) is 5.74. The summed E-state index contributed by atoms with van der Waals surface area (Å²) in [6.45, 7) is 0.0739. The Balaban J connectivity index is 2.11. The maximum atomic E-state index is 12.2. The predicted molar refractivity (Wildman–Crippen MR) is 74.4 cm³/mol. The van der Waals surface area contributed by atoms with E-state index in [0.717, 1.165) is 4.88 Å². The Kier molecular flexibility index (Phi) is 4.44. The summed E-state index contributed by atoms with van der Waals surface area (Å²) in [5.41, 5.74) is 0. The van der Waals surface area contributed by atoms with Gasteiger partial charge in [0.2, 0.25) is 5.91 Å². The zero-order chi connectivity index (χ0) is 14.8. The molecule has 0 spiro atoms. The molecule has 2 heterocycles. The Bertz CT molecular complexity index is 593. The minimum atomic E-state index is -3.26. The number of rotatable bonds is 4. The molecule has 1 amide bonds. The highest BCUT2D eigenvalue weighted by Gasteiger charge is 2.35. The number of amides is 1. The average Bonchev–Trinajstić information content (AvgIpc) is 2.79. The molecule has 0 aliphatic carbocycles. The molecule has 0 aromatic carbocycles. The summed E-state index contributed by atoms with van der Waals surface area (Å²) in [5, 5.41) is 10.7. The molecule has 1 aliphatic rings. The van der Waals surface area contributed by atoms with E-state index in [-0.39, 0.29) is 36.8 Å². The van der Waals surface area contributed by atoms with E-state index in [1.54, 1.807) is 0 Å². The van der Waals surface area contributed by atoms with Gasteiger partial charge in [-0.05, 0) is 11.4 Å². The lowest BCUT2D eigenvalue weighted by atomic mass is 10.1. The topological polar surface area (TPSA) is 91.8 Å². The summed E-state index contributed by atoms with van der Waals surface area (Å²) in [6, 6.07) is 2.90. The number of carbonyl (C=O) groups is 2. The molecule has 110 valence electrons. The van der Waals surface area contributed by atoms with Crippen LogP contribution in [0.2, 0.25) is 0 Å². The number of aliphatic carboxylic acids is 1. The number of thiophene rings is 1. The molecule has 0 bridgehead atoms. The fourth-order valence-corrected chi connectivity index (χ4v) is 4.47. The van der Waals surface area contributed by atoms with Gasteiger partial charge in [0.25, 0.3) is 0 Å². The van der Waals surface area contributed by atoms with Crippen molar-refractivity contribution in [2.75, 3.05) is 18.1 Å². The maximum absolute atomic E-state index is 12.2. The summed E-state index contributed by atoms with van der Waals surface area (Å²) in [5.74, 6) is -1.68. The Hall–Kier alpha value is -1.41. The van der Waals surface area contributed by atoms with Crippen LogP contribution in [0.15, 0.2) is 17.5 Å². The van der Waals surface area contributed by atoms with Crippen LogP contribution in [0.1, 0.15) is 11.3 Å². The largest absolute Gasteiger partial charge is 0.481 e. The first-order valence-electron chi connectivity index (χ1n) is 6.11. The van der Waals surface area contributed by atoms with Crippen LogP contribution < -0.4 is 0 Å². The molecule has 0 radical (unpaired) electrons. The zero-order valence-corrected chi connectivity index (χ0v) is 12.3. The SMILES string of the molecule is O=C(O)CC1CS(=O)(=O)CCN1C(=O)Cc1cccs1. The van der Waals surface area contributed by atoms with Crippen molar-refractivity contribution in [2.45, 2.75) is 18.9 Å². The fourth-order valence-electron chi connectivity index (χ4n) is 2.25. The van der Waals surface area contributed by atoms with E-state index >= 15 is 0 Å². The molecule has 1 saturated heterocycles. The lowest BCUT2D eigenvalue weighted by Crippen LogP contribution is -2.52. The normalized spacial score (nSPS) is 21.6. The zero-order valence-electron chi connectivity index (χ0n) is 10.7. The smallest absolute Gasteiger partial charge is 0.305 e. The van der Waals surface area contributed by atoms with Crippen molar-refractivity contribution >= 4 is 33.1 Å². The molecule has 1 unspecified atom stereocenters. The second-order valence-corrected chi connectivity index (χ2v) is 7.97. The summed E-state index contributed by atoms with van der Waals surface area (Å²) < 4.78 is 23.2. The Labute approximate surface area is 120 Å². The minimum absolute atomic E-state index is 0.0739. The molecular weight excluding hydrogens is 302 g/mol. The highest BCUT2D eigenvalue weighted by Crippen LogP contribution is 2.18. The van der Waals surface area contributed by atoms with Crippen molar-refractivity contribution < 1.29 is 23.1 Å². The predicted octanol–water partition coefficient (Wildman–Crippen LogP) is 0.391. The first kappa shape index (κ1) is 15.0. The Morgan fingerprint density at radius 1 is 1.45 bits per heavy atom. The van der Waals surface area contributed by atoms with E-state index in [1.165, 1.54) is 16.2 Å². The van der Waals surface area contributed by atoms with Gasteiger partial charge in [0.15, 0.2) is 9.84 Å². The van der Waals surface area contributed by atoms with E-state index in [0.29, 0.717) is 0 Å². The van der Waals surface area contributed by atoms with Crippen LogP contribution in [0.25, 0.3) is 0 Å². The third-order valence-electron chi connectivity index (χ3n) is 3.17. The van der Waals surface area contributed by atoms with Gasteiger partial charge < -0.3 is 10.0 Å². The van der Waals surface area contributed by atoms with Gasteiger partial charge in [0.05, 0.1) is 30.4 Å². The van der Waals surface area contributed by atoms with Gasteiger partial charge in [-0.25, -0.2) is 8.42 Å². The number of nitrogens with zero attached hydrogens (tertiary/aromatic N) is 1. The third kappa shape index (κ3) is 3.80. The number of carboxylic acid groups (broad SMARTS) is 1. The monoisotopic (exact) mass is 317 g/mol. The first-order chi connectivity index (χ1) is 9.37. The minimum Gasteiger partial charge on any atom is -0.481 e. The number of carbonyl (C=O) groups excluding carboxylic acids is 1. The molecule has 0 saturated carbocycles. The molecule has 1 aromatic rings. The van der Waals surface area contributed by atoms with Crippen LogP contribution in [-0.4, -0.2) is 54.4 Å². The quantitative estimate of drug-likeness (QED) is 0.867. The molecule has 1 fully saturated rings. The van der Waals surface area contributed by atoms with E-state index in [1.807, 2.05) is 17.5 Å². The molecule has 2 rings (SSSR count). The van der Waals surface area contributed by atoms with E-state index in [4.69, 9.17) is 5.11 Å². The van der Waals surface area contributed by atoms with Crippen LogP contribution in [0, 0.1) is 0 Å². The van der Waals surface area contributed by atoms with Gasteiger partial charge in [0.1, 0.15) is 0 Å². The van der Waals surface area contributed by atoms with Gasteiger partial charge in [-0.15, -0.1) is 11.3 Å². The molecule has 1 aromatic heterocycles. The molecule has 1 atom stereocenters. The Morgan fingerprint density at radius 3 is 2.80 bits per heavy atom. The van der Waals surface area contributed by atoms with Gasteiger partial charge in [0, 0.05) is 11.4 Å². The summed E-state index contributed by atoms with van der Waals surface area (Å²) in [4.78, 5) is 25.3. The molecule has 20 heavy (non-hydrogen) atoms. The van der Waals surface area contributed by atoms with Crippen LogP contribution >= 0.6 is 11.3 Å². The molecule has 8 heteroatoms. The van der Waals surface area contributed by atoms with Gasteiger partial charge in [-0.2, -0.15) is 0 Å². The molecule has 1 aliphatic heterocycles. The van der Waals surface area contributed by atoms with Gasteiger partial charge >= 0.3 is 5.97 Å². The van der Waals surface area contributed by atoms with Crippen molar-refractivity contribution in [1.82, 2.24) is 4.90 Å². The summed E-state index contributed by atoms with van der Waals surface area (Å²) in [6.07, 6.45) is -0.150. The number of sulfone groups is 1. The summed E-state index contributed by atoms with van der Waals surface area (Å²) >= 11 is 1.45. The second-order valence-electron chi connectivity index (χ2n) is 4.71. The molecular formula is C12H15NO5S2. The van der Waals surface area contributed by atoms with Crippen LogP contribution in [-0.2, 0) is 25.8 Å². The maximum Gasteiger partial charge on any atom is 0.305 e. The van der Waals surface area contributed by atoms with Crippen molar-refractivity contribution in [1.29, 1.82) is 0 Å². The van der Waals surface area contributed by atoms with Crippen molar-refractivity contribution in [3.05, 3.63) is 22.4 Å². The highest BCUT2D eigenvalue weighted by molar-refractivity contribution is 7.91. The van der Waals surface area contributed by atoms with Crippen molar-refractivity contribution in [3.8, 4) is 0 Å². The van der Waals surface area contributed by atoms with E-state index in [2.05, 4.69) is 0 Å². The highest BCUT2D eigenvalue weighted by atomic mass is 32.2. The second kappa shape index (κ2) is 5.92. The summed E-state index contributed by atoms with van der Waals surface area (Å²) in [7, 11) is -3.26. The van der Waals surface area contributed by atoms with Crippen LogP contribution in [0.5, 0.6) is 0 Å². The van der Waals surface area contributed by atoms with Gasteiger partial charge in [-0.1, -0.05) is 6.07 Å². The number of hydrogen-bond donors (Lipinski definition) is 1. The lowest BCUT2D eigenvalue weighted by molar-refractivity contribution is -0.140. The molecule has 6 nitrogen and oxygen atoms in total. The van der Waals surface area contributed by atoms with Crippen molar-refractivity contribution in [2.24, 2.45) is 0 Å². The van der Waals surface area contributed by atoms with E-state index < -0.39 is 21.8 Å². The van der Waals surface area contributed by atoms with Gasteiger partial charge in [-0.3, -0.25) is 9.59 Å². The number of hydrogen-bond acceptors (Lipinski definition) is 5. The Morgan fingerprint density at radius 2 is 2.20 bits per heavy atom. The van der Waals surface area contributed by atoms with Crippen LogP contribution in [0.4, 0.5) is 0 Å². The average molecular weight is 317 g/mol. The lowest BCUT2D eigenvalue weighted by Gasteiger charge is -2.34.